The van der Waals surface area contributed by atoms with Gasteiger partial charge >= 0.3 is 0 Å². The van der Waals surface area contributed by atoms with E-state index in [-0.39, 0.29) is 0 Å². The third-order valence-electron chi connectivity index (χ3n) is 4.20. The van der Waals surface area contributed by atoms with Crippen LogP contribution in [0.25, 0.3) is 17.0 Å². The SMILES string of the molecule is c1cc(-c2ccnc3nc(C4CCCCC4)nn23)ccn1. The highest BCUT2D eigenvalue weighted by molar-refractivity contribution is 5.60. The summed E-state index contributed by atoms with van der Waals surface area (Å²) in [6, 6.07) is 5.94. The number of pyridine rings is 1. The highest BCUT2D eigenvalue weighted by atomic mass is 15.3. The van der Waals surface area contributed by atoms with Crippen molar-refractivity contribution in [1.29, 1.82) is 0 Å². The number of nitrogens with zero attached hydrogens (tertiary/aromatic N) is 5. The molecule has 0 aliphatic heterocycles. The lowest BCUT2D eigenvalue weighted by Crippen LogP contribution is -2.06. The minimum atomic E-state index is 0.491. The first-order chi connectivity index (χ1) is 10.4. The van der Waals surface area contributed by atoms with Crippen LogP contribution in [0.15, 0.2) is 36.8 Å². The number of rotatable bonds is 2. The topological polar surface area (TPSA) is 56.0 Å². The second-order valence-electron chi connectivity index (χ2n) is 5.58. The third kappa shape index (κ3) is 2.28. The van der Waals surface area contributed by atoms with Crippen molar-refractivity contribution in [2.45, 2.75) is 38.0 Å². The molecule has 106 valence electrons. The van der Waals surface area contributed by atoms with E-state index in [0.29, 0.717) is 11.7 Å². The lowest BCUT2D eigenvalue weighted by atomic mass is 9.89. The summed E-state index contributed by atoms with van der Waals surface area (Å²) in [7, 11) is 0. The van der Waals surface area contributed by atoms with Crippen molar-refractivity contribution >= 4 is 5.78 Å². The normalized spacial score (nSPS) is 16.4. The smallest absolute Gasteiger partial charge is 0.252 e. The van der Waals surface area contributed by atoms with Crippen LogP contribution in [0.4, 0.5) is 0 Å². The quantitative estimate of drug-likeness (QED) is 0.722. The maximum Gasteiger partial charge on any atom is 0.252 e. The lowest BCUT2D eigenvalue weighted by molar-refractivity contribution is 0.429. The molecule has 3 aromatic rings. The van der Waals surface area contributed by atoms with Crippen molar-refractivity contribution in [3.63, 3.8) is 0 Å². The number of fused-ring (bicyclic) bond motifs is 1. The molecule has 4 rings (SSSR count). The summed E-state index contributed by atoms with van der Waals surface area (Å²) in [5.41, 5.74) is 2.09. The largest absolute Gasteiger partial charge is 0.265 e. The number of hydrogen-bond acceptors (Lipinski definition) is 4. The molecule has 5 heteroatoms. The van der Waals surface area contributed by atoms with Crippen LogP contribution in [0.2, 0.25) is 0 Å². The molecule has 1 aliphatic carbocycles. The van der Waals surface area contributed by atoms with Crippen molar-refractivity contribution < 1.29 is 0 Å². The molecule has 0 amide bonds. The van der Waals surface area contributed by atoms with Crippen LogP contribution in [0.5, 0.6) is 0 Å². The first-order valence-electron chi connectivity index (χ1n) is 7.54. The fourth-order valence-electron chi connectivity index (χ4n) is 3.08. The summed E-state index contributed by atoms with van der Waals surface area (Å²) in [5.74, 6) is 2.12. The van der Waals surface area contributed by atoms with Gasteiger partial charge in [0, 0.05) is 30.1 Å². The molecular formula is C16H17N5. The van der Waals surface area contributed by atoms with E-state index in [1.807, 2.05) is 22.7 Å². The monoisotopic (exact) mass is 279 g/mol. The average Bonchev–Trinajstić information content (AvgIpc) is 3.00. The van der Waals surface area contributed by atoms with E-state index in [4.69, 9.17) is 5.10 Å². The van der Waals surface area contributed by atoms with Gasteiger partial charge in [0.05, 0.1) is 5.69 Å². The summed E-state index contributed by atoms with van der Waals surface area (Å²) in [6.45, 7) is 0. The van der Waals surface area contributed by atoms with E-state index < -0.39 is 0 Å². The van der Waals surface area contributed by atoms with Gasteiger partial charge in [-0.2, -0.15) is 9.50 Å². The summed E-state index contributed by atoms with van der Waals surface area (Å²) in [6.07, 6.45) is 11.7. The zero-order valence-electron chi connectivity index (χ0n) is 11.8. The van der Waals surface area contributed by atoms with Crippen LogP contribution in [-0.4, -0.2) is 24.6 Å². The van der Waals surface area contributed by atoms with Crippen molar-refractivity contribution in [3.8, 4) is 11.3 Å². The molecule has 5 nitrogen and oxygen atoms in total. The van der Waals surface area contributed by atoms with E-state index in [9.17, 15) is 0 Å². The number of aromatic nitrogens is 5. The van der Waals surface area contributed by atoms with E-state index in [2.05, 4.69) is 15.0 Å². The first-order valence-corrected chi connectivity index (χ1v) is 7.54. The fourth-order valence-corrected chi connectivity index (χ4v) is 3.08. The van der Waals surface area contributed by atoms with Gasteiger partial charge in [0.2, 0.25) is 0 Å². The Morgan fingerprint density at radius 2 is 1.76 bits per heavy atom. The van der Waals surface area contributed by atoms with Gasteiger partial charge in [-0.05, 0) is 31.0 Å². The third-order valence-corrected chi connectivity index (χ3v) is 4.20. The Morgan fingerprint density at radius 1 is 0.952 bits per heavy atom. The molecule has 1 saturated carbocycles. The highest BCUT2D eigenvalue weighted by Gasteiger charge is 2.21. The maximum atomic E-state index is 4.74. The fraction of sp³-hybridized carbons (Fsp3) is 0.375. The molecule has 1 fully saturated rings. The van der Waals surface area contributed by atoms with Gasteiger partial charge in [-0.1, -0.05) is 19.3 Å². The first kappa shape index (κ1) is 12.4. The van der Waals surface area contributed by atoms with Crippen LogP contribution in [-0.2, 0) is 0 Å². The molecule has 0 aromatic carbocycles. The van der Waals surface area contributed by atoms with Crippen LogP contribution in [0.3, 0.4) is 0 Å². The van der Waals surface area contributed by atoms with Crippen molar-refractivity contribution in [2.75, 3.05) is 0 Å². The summed E-state index contributed by atoms with van der Waals surface area (Å²) < 4.78 is 1.86. The van der Waals surface area contributed by atoms with Gasteiger partial charge in [-0.15, -0.1) is 5.10 Å². The second kappa shape index (κ2) is 5.24. The van der Waals surface area contributed by atoms with E-state index >= 15 is 0 Å². The summed E-state index contributed by atoms with van der Waals surface area (Å²) in [5, 5.41) is 4.74. The Kier molecular flexibility index (Phi) is 3.10. The number of hydrogen-bond donors (Lipinski definition) is 0. The zero-order chi connectivity index (χ0) is 14.1. The minimum absolute atomic E-state index is 0.491. The van der Waals surface area contributed by atoms with Crippen LogP contribution >= 0.6 is 0 Å². The highest BCUT2D eigenvalue weighted by Crippen LogP contribution is 2.31. The van der Waals surface area contributed by atoms with Gasteiger partial charge < -0.3 is 0 Å². The Bertz CT molecular complexity index is 744. The zero-order valence-corrected chi connectivity index (χ0v) is 11.8. The standard InChI is InChI=1S/C16H17N5/c1-2-4-13(5-3-1)15-19-16-18-11-8-14(21(16)20-15)12-6-9-17-10-7-12/h6-11,13H,1-5H2. The molecule has 1 aliphatic rings. The molecule has 0 N–H and O–H groups in total. The minimum Gasteiger partial charge on any atom is -0.265 e. The van der Waals surface area contributed by atoms with Crippen LogP contribution < -0.4 is 0 Å². The van der Waals surface area contributed by atoms with Gasteiger partial charge in [-0.3, -0.25) is 4.98 Å². The van der Waals surface area contributed by atoms with Crippen molar-refractivity contribution in [2.24, 2.45) is 0 Å². The predicted molar refractivity (Wildman–Crippen MR) is 79.8 cm³/mol. The van der Waals surface area contributed by atoms with Gasteiger partial charge in [0.15, 0.2) is 5.82 Å². The van der Waals surface area contributed by atoms with Gasteiger partial charge in [0.1, 0.15) is 0 Å². The summed E-state index contributed by atoms with van der Waals surface area (Å²) >= 11 is 0. The molecule has 0 saturated heterocycles. The molecule has 0 radical (unpaired) electrons. The van der Waals surface area contributed by atoms with Crippen LogP contribution in [0.1, 0.15) is 43.8 Å². The lowest BCUT2D eigenvalue weighted by Gasteiger charge is -2.17. The summed E-state index contributed by atoms with van der Waals surface area (Å²) in [4.78, 5) is 13.1. The molecule has 0 unspecified atom stereocenters. The van der Waals surface area contributed by atoms with Gasteiger partial charge in [0.25, 0.3) is 5.78 Å². The molecule has 3 aromatic heterocycles. The molecular weight excluding hydrogens is 262 g/mol. The molecule has 0 spiro atoms. The van der Waals surface area contributed by atoms with E-state index in [1.165, 1.54) is 32.1 Å². The molecule has 0 atom stereocenters. The maximum absolute atomic E-state index is 4.74. The van der Waals surface area contributed by atoms with Gasteiger partial charge in [-0.25, -0.2) is 4.98 Å². The Hall–Kier alpha value is -2.30. The molecule has 0 bridgehead atoms. The molecule has 3 heterocycles. The predicted octanol–water partition coefficient (Wildman–Crippen LogP) is 3.23. The Morgan fingerprint density at radius 3 is 2.57 bits per heavy atom. The van der Waals surface area contributed by atoms with Crippen molar-refractivity contribution in [3.05, 3.63) is 42.6 Å². The second-order valence-corrected chi connectivity index (χ2v) is 5.58. The van der Waals surface area contributed by atoms with Crippen LogP contribution in [0, 0.1) is 0 Å². The van der Waals surface area contributed by atoms with E-state index in [1.54, 1.807) is 18.6 Å². The molecule has 21 heavy (non-hydrogen) atoms. The Balaban J connectivity index is 1.80. The van der Waals surface area contributed by atoms with E-state index in [0.717, 1.165) is 17.1 Å². The average molecular weight is 279 g/mol. The Labute approximate surface area is 123 Å². The van der Waals surface area contributed by atoms with Crippen molar-refractivity contribution in [1.82, 2.24) is 24.6 Å².